The molecule has 1 atom stereocenters. The van der Waals surface area contributed by atoms with Crippen LogP contribution < -0.4 is 11.3 Å². The van der Waals surface area contributed by atoms with Gasteiger partial charge < -0.3 is 0 Å². The van der Waals surface area contributed by atoms with Crippen LogP contribution in [0.2, 0.25) is 0 Å². The Kier molecular flexibility index (Phi) is 6.38. The monoisotopic (exact) mass is 283 g/mol. The molecule has 0 aliphatic carbocycles. The Labute approximate surface area is 127 Å². The molecule has 3 nitrogen and oxygen atoms in total. The minimum absolute atomic E-state index is 0.286. The Morgan fingerprint density at radius 3 is 2.52 bits per heavy atom. The molecular weight excluding hydrogens is 258 g/mol. The molecule has 0 bridgehead atoms. The van der Waals surface area contributed by atoms with Gasteiger partial charge in [-0.25, -0.2) is 0 Å². The number of hydrogen-bond acceptors (Lipinski definition) is 3. The lowest BCUT2D eigenvalue weighted by Crippen LogP contribution is -2.37. The summed E-state index contributed by atoms with van der Waals surface area (Å²) >= 11 is 0. The van der Waals surface area contributed by atoms with Gasteiger partial charge >= 0.3 is 0 Å². The van der Waals surface area contributed by atoms with E-state index in [0.717, 1.165) is 37.8 Å². The van der Waals surface area contributed by atoms with Crippen molar-refractivity contribution >= 4 is 0 Å². The number of benzene rings is 1. The number of pyridine rings is 1. The van der Waals surface area contributed by atoms with Crippen LogP contribution in [0.5, 0.6) is 0 Å². The third-order valence-corrected chi connectivity index (χ3v) is 3.85. The number of aryl methyl sites for hydroxylation is 2. The Morgan fingerprint density at radius 1 is 1.10 bits per heavy atom. The van der Waals surface area contributed by atoms with Gasteiger partial charge in [0.25, 0.3) is 0 Å². The normalized spacial score (nSPS) is 12.3. The molecule has 112 valence electrons. The maximum absolute atomic E-state index is 5.68. The van der Waals surface area contributed by atoms with Crippen LogP contribution >= 0.6 is 0 Å². The molecule has 0 saturated carbocycles. The van der Waals surface area contributed by atoms with Crippen LogP contribution in [0.4, 0.5) is 0 Å². The van der Waals surface area contributed by atoms with Gasteiger partial charge in [-0.1, -0.05) is 43.3 Å². The summed E-state index contributed by atoms with van der Waals surface area (Å²) in [5.41, 5.74) is 6.70. The highest BCUT2D eigenvalue weighted by Gasteiger charge is 2.08. The fourth-order valence-corrected chi connectivity index (χ4v) is 2.48. The van der Waals surface area contributed by atoms with Crippen molar-refractivity contribution in [2.45, 2.75) is 45.1 Å². The van der Waals surface area contributed by atoms with Gasteiger partial charge in [0.1, 0.15) is 0 Å². The predicted molar refractivity (Wildman–Crippen MR) is 87.8 cm³/mol. The second kappa shape index (κ2) is 8.55. The average Bonchev–Trinajstić information content (AvgIpc) is 2.55. The van der Waals surface area contributed by atoms with Crippen molar-refractivity contribution in [3.63, 3.8) is 0 Å². The van der Waals surface area contributed by atoms with E-state index in [9.17, 15) is 0 Å². The minimum atomic E-state index is 0.286. The van der Waals surface area contributed by atoms with E-state index in [1.54, 1.807) is 0 Å². The minimum Gasteiger partial charge on any atom is -0.271 e. The summed E-state index contributed by atoms with van der Waals surface area (Å²) in [5, 5.41) is 0. The molecule has 0 fully saturated rings. The number of nitrogens with one attached hydrogen (secondary N) is 1. The van der Waals surface area contributed by atoms with E-state index in [1.807, 2.05) is 6.20 Å². The van der Waals surface area contributed by atoms with Crippen molar-refractivity contribution in [3.8, 4) is 0 Å². The van der Waals surface area contributed by atoms with E-state index in [2.05, 4.69) is 59.8 Å². The molecular formula is C18H25N3. The maximum Gasteiger partial charge on any atom is 0.0419 e. The highest BCUT2D eigenvalue weighted by molar-refractivity contribution is 5.15. The van der Waals surface area contributed by atoms with Gasteiger partial charge in [-0.3, -0.25) is 16.3 Å². The quantitative estimate of drug-likeness (QED) is 0.578. The molecule has 21 heavy (non-hydrogen) atoms. The van der Waals surface area contributed by atoms with Crippen molar-refractivity contribution < 1.29 is 0 Å². The lowest BCUT2D eigenvalue weighted by molar-refractivity contribution is 0.472. The molecule has 1 aromatic carbocycles. The maximum atomic E-state index is 5.68. The van der Waals surface area contributed by atoms with E-state index in [4.69, 9.17) is 5.84 Å². The van der Waals surface area contributed by atoms with Crippen LogP contribution in [0.3, 0.4) is 0 Å². The fourth-order valence-electron chi connectivity index (χ4n) is 2.48. The number of hydrogen-bond donors (Lipinski definition) is 2. The molecule has 3 N–H and O–H groups in total. The van der Waals surface area contributed by atoms with Crippen molar-refractivity contribution in [3.05, 3.63) is 65.5 Å². The van der Waals surface area contributed by atoms with E-state index >= 15 is 0 Å². The third kappa shape index (κ3) is 5.29. The van der Waals surface area contributed by atoms with Gasteiger partial charge in [0.2, 0.25) is 0 Å². The van der Waals surface area contributed by atoms with Crippen LogP contribution in [0.1, 0.15) is 36.6 Å². The smallest absolute Gasteiger partial charge is 0.0419 e. The van der Waals surface area contributed by atoms with Gasteiger partial charge in [-0.15, -0.1) is 0 Å². The predicted octanol–water partition coefficient (Wildman–Crippen LogP) is 3.04. The number of aromatic nitrogens is 1. The van der Waals surface area contributed by atoms with Gasteiger partial charge in [0.05, 0.1) is 0 Å². The summed E-state index contributed by atoms with van der Waals surface area (Å²) in [6.45, 7) is 2.14. The molecule has 0 spiro atoms. The van der Waals surface area contributed by atoms with E-state index in [0.29, 0.717) is 0 Å². The zero-order valence-corrected chi connectivity index (χ0v) is 12.8. The summed E-state index contributed by atoms with van der Waals surface area (Å²) in [6, 6.07) is 15.1. The first-order chi connectivity index (χ1) is 10.3. The molecule has 0 aliphatic rings. The molecule has 1 aromatic heterocycles. The van der Waals surface area contributed by atoms with Crippen molar-refractivity contribution in [2.24, 2.45) is 5.84 Å². The summed E-state index contributed by atoms with van der Waals surface area (Å²) in [6.07, 6.45) is 7.17. The largest absolute Gasteiger partial charge is 0.271 e. The zero-order valence-electron chi connectivity index (χ0n) is 12.8. The van der Waals surface area contributed by atoms with Gasteiger partial charge in [-0.2, -0.15) is 0 Å². The Balaban J connectivity index is 1.79. The second-order valence-corrected chi connectivity index (χ2v) is 5.46. The molecule has 0 aliphatic heterocycles. The third-order valence-electron chi connectivity index (χ3n) is 3.85. The molecule has 2 rings (SSSR count). The Morgan fingerprint density at radius 2 is 1.90 bits per heavy atom. The fraction of sp³-hybridized carbons (Fsp3) is 0.389. The average molecular weight is 283 g/mol. The molecule has 1 heterocycles. The molecule has 0 radical (unpaired) electrons. The SMILES string of the molecule is CCc1ccc(CC(CCCc2ccccc2)NN)nc1. The number of nitrogens with two attached hydrogens (primary N) is 1. The highest BCUT2D eigenvalue weighted by Crippen LogP contribution is 2.10. The standard InChI is InChI=1S/C18H25N3/c1-2-15-11-12-17(20-14-15)13-18(21-19)10-6-9-16-7-4-3-5-8-16/h3-5,7-8,11-12,14,18,21H,2,6,9-10,13,19H2,1H3. The molecule has 0 saturated heterocycles. The second-order valence-electron chi connectivity index (χ2n) is 5.46. The summed E-state index contributed by atoms with van der Waals surface area (Å²) in [5.74, 6) is 5.68. The number of hydrazine groups is 1. The first-order valence-electron chi connectivity index (χ1n) is 7.75. The molecule has 3 heteroatoms. The molecule has 0 amide bonds. The summed E-state index contributed by atoms with van der Waals surface area (Å²) in [7, 11) is 0. The van der Waals surface area contributed by atoms with Crippen molar-refractivity contribution in [1.82, 2.24) is 10.4 Å². The molecule has 1 unspecified atom stereocenters. The van der Waals surface area contributed by atoms with Crippen LogP contribution in [-0.4, -0.2) is 11.0 Å². The van der Waals surface area contributed by atoms with Crippen LogP contribution in [0.15, 0.2) is 48.7 Å². The van der Waals surface area contributed by atoms with Gasteiger partial charge in [0.15, 0.2) is 0 Å². The lowest BCUT2D eigenvalue weighted by Gasteiger charge is -2.15. The van der Waals surface area contributed by atoms with E-state index < -0.39 is 0 Å². The van der Waals surface area contributed by atoms with Crippen LogP contribution in [-0.2, 0) is 19.3 Å². The van der Waals surface area contributed by atoms with E-state index in [-0.39, 0.29) is 6.04 Å². The Bertz CT molecular complexity index is 508. The summed E-state index contributed by atoms with van der Waals surface area (Å²) < 4.78 is 0. The first-order valence-corrected chi connectivity index (χ1v) is 7.75. The van der Waals surface area contributed by atoms with Crippen molar-refractivity contribution in [1.29, 1.82) is 0 Å². The number of nitrogens with zero attached hydrogens (tertiary/aromatic N) is 1. The summed E-state index contributed by atoms with van der Waals surface area (Å²) in [4.78, 5) is 4.51. The highest BCUT2D eigenvalue weighted by atomic mass is 15.2. The van der Waals surface area contributed by atoms with Gasteiger partial charge in [-0.05, 0) is 42.9 Å². The van der Waals surface area contributed by atoms with Crippen LogP contribution in [0.25, 0.3) is 0 Å². The van der Waals surface area contributed by atoms with Crippen LogP contribution in [0, 0.1) is 0 Å². The molecule has 2 aromatic rings. The van der Waals surface area contributed by atoms with Gasteiger partial charge in [0, 0.05) is 24.4 Å². The van der Waals surface area contributed by atoms with Crippen molar-refractivity contribution in [2.75, 3.05) is 0 Å². The lowest BCUT2D eigenvalue weighted by atomic mass is 10.0. The number of rotatable bonds is 8. The Hall–Kier alpha value is -1.71. The first kappa shape index (κ1) is 15.7. The topological polar surface area (TPSA) is 50.9 Å². The van der Waals surface area contributed by atoms with E-state index in [1.165, 1.54) is 11.1 Å². The zero-order chi connectivity index (χ0) is 14.9.